The lowest BCUT2D eigenvalue weighted by Crippen LogP contribution is -2.45. The van der Waals surface area contributed by atoms with Crippen LogP contribution in [0.15, 0.2) is 24.3 Å². The molecule has 0 bridgehead atoms. The van der Waals surface area contributed by atoms with Gasteiger partial charge in [-0.05, 0) is 17.7 Å². The SMILES string of the molecule is CNc1ccc(CN2CCN(C=O)CC2)cc1. The van der Waals surface area contributed by atoms with Gasteiger partial charge in [0.05, 0.1) is 0 Å². The van der Waals surface area contributed by atoms with Crippen molar-refractivity contribution in [1.82, 2.24) is 9.80 Å². The lowest BCUT2D eigenvalue weighted by Gasteiger charge is -2.32. The molecule has 1 aliphatic heterocycles. The highest BCUT2D eigenvalue weighted by molar-refractivity contribution is 5.47. The van der Waals surface area contributed by atoms with Gasteiger partial charge in [-0.2, -0.15) is 0 Å². The zero-order chi connectivity index (χ0) is 12.1. The predicted molar refractivity (Wildman–Crippen MR) is 68.9 cm³/mol. The highest BCUT2D eigenvalue weighted by Gasteiger charge is 2.14. The van der Waals surface area contributed by atoms with Crippen LogP contribution in [0.1, 0.15) is 5.56 Å². The van der Waals surface area contributed by atoms with E-state index in [0.29, 0.717) is 0 Å². The van der Waals surface area contributed by atoms with Crippen molar-refractivity contribution in [1.29, 1.82) is 0 Å². The second-order valence-electron chi connectivity index (χ2n) is 4.36. The Morgan fingerprint density at radius 3 is 2.35 bits per heavy atom. The molecular formula is C13H19N3O. The molecule has 1 amide bonds. The molecule has 0 radical (unpaired) electrons. The van der Waals surface area contributed by atoms with Crippen LogP contribution in [0.5, 0.6) is 0 Å². The standard InChI is InChI=1S/C13H19N3O/c1-14-13-4-2-12(3-5-13)10-15-6-8-16(11-17)9-7-15/h2-5,11,14H,6-10H2,1H3. The third kappa shape index (κ3) is 3.20. The lowest BCUT2D eigenvalue weighted by atomic mass is 10.2. The number of nitrogens with one attached hydrogen (secondary N) is 1. The van der Waals surface area contributed by atoms with Crippen LogP contribution in [0, 0.1) is 0 Å². The van der Waals surface area contributed by atoms with E-state index in [-0.39, 0.29) is 0 Å². The van der Waals surface area contributed by atoms with Gasteiger partial charge < -0.3 is 10.2 Å². The number of rotatable bonds is 4. The van der Waals surface area contributed by atoms with E-state index in [4.69, 9.17) is 0 Å². The van der Waals surface area contributed by atoms with Gasteiger partial charge in [0.15, 0.2) is 0 Å². The average molecular weight is 233 g/mol. The van der Waals surface area contributed by atoms with Crippen molar-refractivity contribution < 1.29 is 4.79 Å². The van der Waals surface area contributed by atoms with Crippen molar-refractivity contribution in [3.05, 3.63) is 29.8 Å². The molecule has 4 heteroatoms. The highest BCUT2D eigenvalue weighted by atomic mass is 16.1. The number of hydrogen-bond acceptors (Lipinski definition) is 3. The molecule has 1 aliphatic rings. The molecule has 1 N–H and O–H groups in total. The van der Waals surface area contributed by atoms with Crippen molar-refractivity contribution in [2.75, 3.05) is 38.5 Å². The van der Waals surface area contributed by atoms with Crippen LogP contribution in [0.3, 0.4) is 0 Å². The molecule has 1 saturated heterocycles. The van der Waals surface area contributed by atoms with Gasteiger partial charge in [0.1, 0.15) is 0 Å². The first-order valence-corrected chi connectivity index (χ1v) is 6.00. The Labute approximate surface area is 102 Å². The molecule has 92 valence electrons. The fourth-order valence-corrected chi connectivity index (χ4v) is 2.06. The summed E-state index contributed by atoms with van der Waals surface area (Å²) in [6.45, 7) is 4.59. The van der Waals surface area contributed by atoms with E-state index in [1.807, 2.05) is 11.9 Å². The van der Waals surface area contributed by atoms with Gasteiger partial charge in [0.25, 0.3) is 0 Å². The molecule has 0 aromatic heterocycles. The third-order valence-corrected chi connectivity index (χ3v) is 3.20. The molecule has 0 spiro atoms. The summed E-state index contributed by atoms with van der Waals surface area (Å²) in [7, 11) is 1.92. The maximum absolute atomic E-state index is 10.6. The monoisotopic (exact) mass is 233 g/mol. The Balaban J connectivity index is 1.86. The number of anilines is 1. The van der Waals surface area contributed by atoms with Gasteiger partial charge in [-0.3, -0.25) is 9.69 Å². The fraction of sp³-hybridized carbons (Fsp3) is 0.462. The van der Waals surface area contributed by atoms with Crippen molar-refractivity contribution in [2.45, 2.75) is 6.54 Å². The van der Waals surface area contributed by atoms with Crippen LogP contribution >= 0.6 is 0 Å². The van der Waals surface area contributed by atoms with E-state index >= 15 is 0 Å². The van der Waals surface area contributed by atoms with Gasteiger partial charge in [0, 0.05) is 45.5 Å². The second-order valence-corrected chi connectivity index (χ2v) is 4.36. The Hall–Kier alpha value is -1.55. The minimum Gasteiger partial charge on any atom is -0.388 e. The van der Waals surface area contributed by atoms with Gasteiger partial charge in [0.2, 0.25) is 6.41 Å². The first-order chi connectivity index (χ1) is 8.31. The molecule has 1 heterocycles. The quantitative estimate of drug-likeness (QED) is 0.788. The topological polar surface area (TPSA) is 35.6 Å². The number of piperazine rings is 1. The molecule has 2 rings (SSSR count). The maximum Gasteiger partial charge on any atom is 0.209 e. The van der Waals surface area contributed by atoms with Crippen LogP contribution in [-0.2, 0) is 11.3 Å². The molecule has 0 aliphatic carbocycles. The van der Waals surface area contributed by atoms with Crippen LogP contribution in [0.25, 0.3) is 0 Å². The highest BCUT2D eigenvalue weighted by Crippen LogP contribution is 2.11. The first-order valence-electron chi connectivity index (χ1n) is 6.00. The van der Waals surface area contributed by atoms with E-state index in [1.165, 1.54) is 5.56 Å². The van der Waals surface area contributed by atoms with Crippen LogP contribution < -0.4 is 5.32 Å². The van der Waals surface area contributed by atoms with Crippen molar-refractivity contribution in [3.8, 4) is 0 Å². The van der Waals surface area contributed by atoms with E-state index < -0.39 is 0 Å². The van der Waals surface area contributed by atoms with Crippen LogP contribution in [0.2, 0.25) is 0 Å². The van der Waals surface area contributed by atoms with Crippen LogP contribution in [0.4, 0.5) is 5.69 Å². The number of carbonyl (C=O) groups is 1. The largest absolute Gasteiger partial charge is 0.388 e. The van der Waals surface area contributed by atoms with E-state index in [9.17, 15) is 4.79 Å². The van der Waals surface area contributed by atoms with Gasteiger partial charge >= 0.3 is 0 Å². The molecule has 17 heavy (non-hydrogen) atoms. The predicted octanol–water partition coefficient (Wildman–Crippen LogP) is 1.00. The van der Waals surface area contributed by atoms with Crippen molar-refractivity contribution in [3.63, 3.8) is 0 Å². The summed E-state index contributed by atoms with van der Waals surface area (Å²) in [4.78, 5) is 14.8. The van der Waals surface area contributed by atoms with Gasteiger partial charge in [-0.1, -0.05) is 12.1 Å². The van der Waals surface area contributed by atoms with E-state index in [2.05, 4.69) is 34.5 Å². The third-order valence-electron chi connectivity index (χ3n) is 3.20. The minimum atomic E-state index is 0.845. The molecule has 1 aromatic carbocycles. The number of hydrogen-bond donors (Lipinski definition) is 1. The average Bonchev–Trinajstić information content (AvgIpc) is 2.40. The Bertz CT molecular complexity index is 355. The van der Waals surface area contributed by atoms with Gasteiger partial charge in [-0.25, -0.2) is 0 Å². The summed E-state index contributed by atoms with van der Waals surface area (Å²) >= 11 is 0. The normalized spacial score (nSPS) is 16.9. The molecule has 0 saturated carbocycles. The summed E-state index contributed by atoms with van der Waals surface area (Å²) < 4.78 is 0. The fourth-order valence-electron chi connectivity index (χ4n) is 2.06. The number of carbonyl (C=O) groups excluding carboxylic acids is 1. The van der Waals surface area contributed by atoms with Crippen molar-refractivity contribution in [2.24, 2.45) is 0 Å². The Kier molecular flexibility index (Phi) is 3.98. The maximum atomic E-state index is 10.6. The number of nitrogens with zero attached hydrogens (tertiary/aromatic N) is 2. The van der Waals surface area contributed by atoms with Gasteiger partial charge in [-0.15, -0.1) is 0 Å². The number of amides is 1. The molecular weight excluding hydrogens is 214 g/mol. The molecule has 1 fully saturated rings. The Morgan fingerprint density at radius 2 is 1.82 bits per heavy atom. The zero-order valence-corrected chi connectivity index (χ0v) is 10.2. The molecule has 1 aromatic rings. The molecule has 0 unspecified atom stereocenters. The van der Waals surface area contributed by atoms with E-state index in [1.54, 1.807) is 0 Å². The minimum absolute atomic E-state index is 0.845. The summed E-state index contributed by atoms with van der Waals surface area (Å²) in [6.07, 6.45) is 0.944. The summed E-state index contributed by atoms with van der Waals surface area (Å²) in [6, 6.07) is 8.49. The first kappa shape index (κ1) is 11.9. The van der Waals surface area contributed by atoms with Crippen LogP contribution in [-0.4, -0.2) is 49.4 Å². The summed E-state index contributed by atoms with van der Waals surface area (Å²) in [5.74, 6) is 0. The van der Waals surface area contributed by atoms with E-state index in [0.717, 1.165) is 44.8 Å². The Morgan fingerprint density at radius 1 is 1.18 bits per heavy atom. The van der Waals surface area contributed by atoms with Crippen molar-refractivity contribution >= 4 is 12.1 Å². The summed E-state index contributed by atoms with van der Waals surface area (Å²) in [5, 5.41) is 3.11. The smallest absolute Gasteiger partial charge is 0.209 e. The molecule has 0 atom stereocenters. The summed E-state index contributed by atoms with van der Waals surface area (Å²) in [5.41, 5.74) is 2.46. The second kappa shape index (κ2) is 5.68. The number of benzene rings is 1. The molecule has 4 nitrogen and oxygen atoms in total. The lowest BCUT2D eigenvalue weighted by molar-refractivity contribution is -0.119. The zero-order valence-electron chi connectivity index (χ0n) is 10.2.